The number of methoxy groups -OCH3 is 2. The van der Waals surface area contributed by atoms with Crippen LogP contribution in [0.3, 0.4) is 0 Å². The van der Waals surface area contributed by atoms with E-state index in [9.17, 15) is 29.8 Å². The molecular formula is C16H14N2O10. The minimum absolute atomic E-state index is 0.0942. The SMILES string of the molecule is COc1cc(OC)c(C=O)c([N+](=O)[O-])c1.O=Cc1c(O)cc(O)cc1[N+](=O)[O-]. The van der Waals surface area contributed by atoms with E-state index >= 15 is 0 Å². The van der Waals surface area contributed by atoms with Crippen LogP contribution < -0.4 is 9.47 Å². The third-order valence-corrected chi connectivity index (χ3v) is 3.30. The summed E-state index contributed by atoms with van der Waals surface area (Å²) in [6.45, 7) is 0. The molecule has 0 fully saturated rings. The molecule has 28 heavy (non-hydrogen) atoms. The van der Waals surface area contributed by atoms with Crippen LogP contribution >= 0.6 is 0 Å². The Hall–Kier alpha value is -4.22. The third kappa shape index (κ3) is 4.91. The molecule has 2 rings (SSSR count). The number of rotatable bonds is 6. The Morgan fingerprint density at radius 1 is 0.857 bits per heavy atom. The number of nitro groups is 2. The normalized spacial score (nSPS) is 9.50. The highest BCUT2D eigenvalue weighted by Crippen LogP contribution is 2.32. The van der Waals surface area contributed by atoms with Crippen LogP contribution in [0.2, 0.25) is 0 Å². The van der Waals surface area contributed by atoms with Crippen LogP contribution in [0.5, 0.6) is 23.0 Å². The van der Waals surface area contributed by atoms with Gasteiger partial charge < -0.3 is 19.7 Å². The highest BCUT2D eigenvalue weighted by molar-refractivity contribution is 5.86. The molecule has 0 amide bonds. The van der Waals surface area contributed by atoms with Crippen LogP contribution in [0.1, 0.15) is 20.7 Å². The number of benzene rings is 2. The molecule has 2 aromatic rings. The summed E-state index contributed by atoms with van der Waals surface area (Å²) in [6.07, 6.45) is 0.545. The summed E-state index contributed by atoms with van der Waals surface area (Å²) in [5.74, 6) is -0.684. The molecule has 12 nitrogen and oxygen atoms in total. The highest BCUT2D eigenvalue weighted by Gasteiger charge is 2.20. The van der Waals surface area contributed by atoms with Crippen molar-refractivity contribution in [1.29, 1.82) is 0 Å². The molecule has 2 N–H and O–H groups in total. The minimum Gasteiger partial charge on any atom is -0.508 e. The Balaban J connectivity index is 0.000000283. The van der Waals surface area contributed by atoms with E-state index < -0.39 is 32.6 Å². The number of carbonyl (C=O) groups is 2. The second-order valence-corrected chi connectivity index (χ2v) is 4.91. The fourth-order valence-corrected chi connectivity index (χ4v) is 2.02. The summed E-state index contributed by atoms with van der Waals surface area (Å²) >= 11 is 0. The topological polar surface area (TPSA) is 179 Å². The van der Waals surface area contributed by atoms with Gasteiger partial charge in [-0.05, 0) is 0 Å². The van der Waals surface area contributed by atoms with Crippen LogP contribution in [0.15, 0.2) is 24.3 Å². The molecule has 0 aliphatic rings. The standard InChI is InChI=1S/C9H9NO5.C7H5NO5/c1-14-6-3-8(10(12)13)7(5-11)9(4-6)15-2;9-3-5-6(8(12)13)1-4(10)2-7(5)11/h3-5H,1-2H3;1-3,10-11H. The zero-order chi connectivity index (χ0) is 21.4. The Morgan fingerprint density at radius 2 is 1.39 bits per heavy atom. The van der Waals surface area contributed by atoms with E-state index in [0.717, 1.165) is 12.1 Å². The lowest BCUT2D eigenvalue weighted by Crippen LogP contribution is -1.99. The van der Waals surface area contributed by atoms with E-state index in [-0.39, 0.29) is 29.0 Å². The van der Waals surface area contributed by atoms with Crippen molar-refractivity contribution in [2.45, 2.75) is 0 Å². The second kappa shape index (κ2) is 9.47. The van der Waals surface area contributed by atoms with Gasteiger partial charge in [0.15, 0.2) is 12.6 Å². The minimum atomic E-state index is -0.858. The fourth-order valence-electron chi connectivity index (χ4n) is 2.02. The molecule has 0 atom stereocenters. The molecule has 0 aliphatic carbocycles. The first-order valence-corrected chi connectivity index (χ1v) is 7.21. The summed E-state index contributed by atoms with van der Waals surface area (Å²) in [5.41, 5.74) is -1.49. The van der Waals surface area contributed by atoms with Crippen molar-refractivity contribution in [3.05, 3.63) is 55.6 Å². The van der Waals surface area contributed by atoms with Crippen molar-refractivity contribution in [1.82, 2.24) is 0 Å². The number of nitro benzene ring substituents is 2. The first kappa shape index (κ1) is 21.8. The maximum absolute atomic E-state index is 10.7. The molecule has 0 saturated heterocycles. The number of hydrogen-bond acceptors (Lipinski definition) is 10. The van der Waals surface area contributed by atoms with E-state index in [2.05, 4.69) is 0 Å². The molecule has 0 unspecified atom stereocenters. The van der Waals surface area contributed by atoms with Gasteiger partial charge in [0.2, 0.25) is 0 Å². The van der Waals surface area contributed by atoms with Gasteiger partial charge in [-0.1, -0.05) is 0 Å². The largest absolute Gasteiger partial charge is 0.508 e. The van der Waals surface area contributed by atoms with Gasteiger partial charge in [-0.25, -0.2) is 0 Å². The first-order valence-electron chi connectivity index (χ1n) is 7.21. The number of ether oxygens (including phenoxy) is 2. The Kier molecular flexibility index (Phi) is 7.38. The van der Waals surface area contributed by atoms with Crippen molar-refractivity contribution in [2.24, 2.45) is 0 Å². The fraction of sp³-hybridized carbons (Fsp3) is 0.125. The molecule has 0 aliphatic heterocycles. The van der Waals surface area contributed by atoms with Gasteiger partial charge in [-0.2, -0.15) is 0 Å². The molecule has 0 bridgehead atoms. The van der Waals surface area contributed by atoms with Gasteiger partial charge in [0, 0.05) is 12.1 Å². The summed E-state index contributed by atoms with van der Waals surface area (Å²) < 4.78 is 9.70. The van der Waals surface area contributed by atoms with Crippen molar-refractivity contribution in [3.63, 3.8) is 0 Å². The summed E-state index contributed by atoms with van der Waals surface area (Å²) in [5, 5.41) is 38.9. The Labute approximate surface area is 156 Å². The van der Waals surface area contributed by atoms with Crippen molar-refractivity contribution in [3.8, 4) is 23.0 Å². The molecule has 0 radical (unpaired) electrons. The van der Waals surface area contributed by atoms with Crippen LogP contribution in [-0.4, -0.2) is 46.9 Å². The summed E-state index contributed by atoms with van der Waals surface area (Å²) in [7, 11) is 2.70. The van der Waals surface area contributed by atoms with Gasteiger partial charge >= 0.3 is 0 Å². The summed E-state index contributed by atoms with van der Waals surface area (Å²) in [6, 6.07) is 4.24. The van der Waals surface area contributed by atoms with Gasteiger partial charge in [-0.15, -0.1) is 0 Å². The lowest BCUT2D eigenvalue weighted by atomic mass is 10.1. The number of hydrogen-bond donors (Lipinski definition) is 2. The molecular weight excluding hydrogens is 380 g/mol. The van der Waals surface area contributed by atoms with Gasteiger partial charge in [-0.3, -0.25) is 29.8 Å². The maximum Gasteiger partial charge on any atom is 0.287 e. The van der Waals surface area contributed by atoms with Crippen molar-refractivity contribution in [2.75, 3.05) is 14.2 Å². The van der Waals surface area contributed by atoms with Gasteiger partial charge in [0.1, 0.15) is 34.1 Å². The lowest BCUT2D eigenvalue weighted by molar-refractivity contribution is -0.385. The molecule has 148 valence electrons. The van der Waals surface area contributed by atoms with Crippen molar-refractivity contribution < 1.29 is 39.1 Å². The van der Waals surface area contributed by atoms with E-state index in [1.165, 1.54) is 26.4 Å². The zero-order valence-electron chi connectivity index (χ0n) is 14.5. The highest BCUT2D eigenvalue weighted by atomic mass is 16.6. The average molecular weight is 394 g/mol. The van der Waals surface area contributed by atoms with Gasteiger partial charge in [0.25, 0.3) is 11.4 Å². The zero-order valence-corrected chi connectivity index (χ0v) is 14.5. The van der Waals surface area contributed by atoms with E-state index in [1.54, 1.807) is 0 Å². The molecule has 0 aromatic heterocycles. The lowest BCUT2D eigenvalue weighted by Gasteiger charge is -2.06. The van der Waals surface area contributed by atoms with Gasteiger partial charge in [0.05, 0.1) is 36.2 Å². The Morgan fingerprint density at radius 3 is 1.82 bits per heavy atom. The molecule has 2 aromatic carbocycles. The number of aromatic hydroxyl groups is 2. The van der Waals surface area contributed by atoms with Crippen molar-refractivity contribution >= 4 is 23.9 Å². The molecule has 0 spiro atoms. The van der Waals surface area contributed by atoms with E-state index in [4.69, 9.17) is 19.7 Å². The number of aldehydes is 2. The second-order valence-electron chi connectivity index (χ2n) is 4.91. The number of nitrogens with zero attached hydrogens (tertiary/aromatic N) is 2. The smallest absolute Gasteiger partial charge is 0.287 e. The predicted molar refractivity (Wildman–Crippen MR) is 93.4 cm³/mol. The molecule has 12 heteroatoms. The molecule has 0 heterocycles. The monoisotopic (exact) mass is 394 g/mol. The van der Waals surface area contributed by atoms with Crippen LogP contribution in [0.25, 0.3) is 0 Å². The average Bonchev–Trinajstić information content (AvgIpc) is 2.66. The maximum atomic E-state index is 10.7. The predicted octanol–water partition coefficient (Wildman–Crippen LogP) is 2.24. The Bertz CT molecular complexity index is 926. The quantitative estimate of drug-likeness (QED) is 0.419. The number of phenols is 2. The third-order valence-electron chi connectivity index (χ3n) is 3.30. The van der Waals surface area contributed by atoms with Crippen LogP contribution in [0, 0.1) is 20.2 Å². The number of phenolic OH excluding ortho intramolecular Hbond substituents is 2. The summed E-state index contributed by atoms with van der Waals surface area (Å²) in [4.78, 5) is 40.4. The van der Waals surface area contributed by atoms with Crippen LogP contribution in [0.4, 0.5) is 11.4 Å². The van der Waals surface area contributed by atoms with E-state index in [0.29, 0.717) is 6.29 Å². The van der Waals surface area contributed by atoms with Crippen LogP contribution in [-0.2, 0) is 0 Å². The molecule has 0 saturated carbocycles. The van der Waals surface area contributed by atoms with E-state index in [1.807, 2.05) is 0 Å². The first-order chi connectivity index (χ1) is 13.2. The number of carbonyl (C=O) groups excluding carboxylic acids is 2.